The second-order valence-corrected chi connectivity index (χ2v) is 23.4. The van der Waals surface area contributed by atoms with E-state index in [0.717, 1.165) is 38.5 Å². The predicted octanol–water partition coefficient (Wildman–Crippen LogP) is 22.6. The number of hydrogen-bond acceptors (Lipinski definition) is 4. The number of phosphoric ester groups is 1. The minimum atomic E-state index is -3.88. The van der Waals surface area contributed by atoms with Gasteiger partial charge in [-0.3, -0.25) is 13.6 Å². The van der Waals surface area contributed by atoms with Crippen molar-refractivity contribution in [3.05, 3.63) is 36.5 Å². The molecule has 0 aliphatic heterocycles. The summed E-state index contributed by atoms with van der Waals surface area (Å²) in [5, 5.41) is 0. The van der Waals surface area contributed by atoms with Crippen LogP contribution in [0.1, 0.15) is 332 Å². The topological polar surface area (TPSA) is 44.8 Å². The van der Waals surface area contributed by atoms with Crippen molar-refractivity contribution in [2.75, 3.05) is 0 Å². The molecule has 0 heterocycles. The average molecular weight is 934 g/mol. The Morgan fingerprint density at radius 1 is 0.277 bits per heavy atom. The van der Waals surface area contributed by atoms with Crippen molar-refractivity contribution in [2.24, 2.45) is 0 Å². The van der Waals surface area contributed by atoms with E-state index in [-0.39, 0.29) is 0 Å². The van der Waals surface area contributed by atoms with Gasteiger partial charge in [0.25, 0.3) is 0 Å². The SMILES string of the molecule is CCCCCCCC/C=C\CCCCCCCC(C)(C)OP(=O)(OC(C)(C)CCCCCCC/C=C\CCCCCCCC)OC(C)(C)CCCCCCC/C=C\CCCCCCCC. The third-order valence-electron chi connectivity index (χ3n) is 13.2. The quantitative estimate of drug-likeness (QED) is 0.0346. The van der Waals surface area contributed by atoms with Gasteiger partial charge in [0.2, 0.25) is 0 Å². The zero-order chi connectivity index (χ0) is 48.1. The van der Waals surface area contributed by atoms with E-state index < -0.39 is 24.6 Å². The Kier molecular flexibility index (Phi) is 44.1. The van der Waals surface area contributed by atoms with Gasteiger partial charge in [-0.25, -0.2) is 4.57 Å². The maximum atomic E-state index is 14.9. The Labute approximate surface area is 409 Å². The molecule has 0 saturated heterocycles. The van der Waals surface area contributed by atoms with E-state index in [2.05, 4.69) is 98.8 Å². The highest BCUT2D eigenvalue weighted by Crippen LogP contribution is 2.59. The fourth-order valence-corrected chi connectivity index (χ4v) is 11.2. The lowest BCUT2D eigenvalue weighted by Crippen LogP contribution is -2.33. The molecule has 0 spiro atoms. The molecule has 0 fully saturated rings. The predicted molar refractivity (Wildman–Crippen MR) is 291 cm³/mol. The molecule has 0 bridgehead atoms. The van der Waals surface area contributed by atoms with Crippen molar-refractivity contribution in [2.45, 2.75) is 349 Å². The second kappa shape index (κ2) is 44.5. The third kappa shape index (κ3) is 46.8. The van der Waals surface area contributed by atoms with Crippen molar-refractivity contribution in [3.8, 4) is 0 Å². The van der Waals surface area contributed by atoms with Gasteiger partial charge in [0.05, 0.1) is 16.8 Å². The lowest BCUT2D eigenvalue weighted by molar-refractivity contribution is -0.0484. The first kappa shape index (κ1) is 64.3. The van der Waals surface area contributed by atoms with Gasteiger partial charge in [0, 0.05) is 0 Å². The molecule has 0 radical (unpaired) electrons. The number of rotatable bonds is 51. The molecule has 0 aliphatic carbocycles. The molecule has 0 N–H and O–H groups in total. The summed E-state index contributed by atoms with van der Waals surface area (Å²) in [6, 6.07) is 0. The van der Waals surface area contributed by atoms with Gasteiger partial charge >= 0.3 is 7.82 Å². The molecular formula is C60H117O4P. The van der Waals surface area contributed by atoms with E-state index in [1.165, 1.54) is 231 Å². The summed E-state index contributed by atoms with van der Waals surface area (Å²) in [6.07, 6.45) is 66.9. The van der Waals surface area contributed by atoms with Crippen LogP contribution < -0.4 is 0 Å². The molecular weight excluding hydrogens is 816 g/mol. The standard InChI is InChI=1S/C60H117O4P/c1-10-13-16-19-22-25-28-31-34-37-40-43-46-49-52-55-58(4,5)62-65(61,63-59(6,7)56-53-50-47-44-41-38-35-32-29-26-23-20-17-14-11-2)64-60(8,9)57-54-51-48-45-42-39-36-33-30-27-24-21-18-15-12-3/h31-36H,10-30,37-57H2,1-9H3/b34-31-,35-32-,36-33-. The van der Waals surface area contributed by atoms with Gasteiger partial charge in [-0.15, -0.1) is 0 Å². The highest BCUT2D eigenvalue weighted by Gasteiger charge is 2.43. The minimum absolute atomic E-state index is 0.604. The lowest BCUT2D eigenvalue weighted by atomic mass is 10.00. The Morgan fingerprint density at radius 2 is 0.446 bits per heavy atom. The molecule has 386 valence electrons. The highest BCUT2D eigenvalue weighted by molar-refractivity contribution is 7.48. The normalized spacial score (nSPS) is 13.2. The van der Waals surface area contributed by atoms with E-state index in [1.54, 1.807) is 0 Å². The molecule has 0 aromatic heterocycles. The molecule has 0 rings (SSSR count). The molecule has 0 aromatic rings. The van der Waals surface area contributed by atoms with E-state index in [9.17, 15) is 4.57 Å². The molecule has 0 atom stereocenters. The molecule has 5 heteroatoms. The zero-order valence-corrected chi connectivity index (χ0v) is 46.6. The maximum Gasteiger partial charge on any atom is 0.476 e. The van der Waals surface area contributed by atoms with Crippen LogP contribution in [0.5, 0.6) is 0 Å². The summed E-state index contributed by atoms with van der Waals surface area (Å²) in [6.45, 7) is 19.3. The Bertz CT molecular complexity index is 998. The average Bonchev–Trinajstić information content (AvgIpc) is 3.24. The van der Waals surface area contributed by atoms with Crippen molar-refractivity contribution >= 4 is 7.82 Å². The number of phosphoric acid groups is 1. The summed E-state index contributed by atoms with van der Waals surface area (Å²) in [4.78, 5) is 0. The number of hydrogen-bond donors (Lipinski definition) is 0. The van der Waals surface area contributed by atoms with Crippen LogP contribution in [-0.4, -0.2) is 16.8 Å². The molecule has 0 unspecified atom stereocenters. The highest BCUT2D eigenvalue weighted by atomic mass is 31.2. The van der Waals surface area contributed by atoms with Gasteiger partial charge < -0.3 is 0 Å². The van der Waals surface area contributed by atoms with Gasteiger partial charge in [-0.1, -0.05) is 231 Å². The van der Waals surface area contributed by atoms with Crippen LogP contribution in [0.4, 0.5) is 0 Å². The minimum Gasteiger partial charge on any atom is -0.281 e. The van der Waals surface area contributed by atoms with E-state index >= 15 is 0 Å². The van der Waals surface area contributed by atoms with E-state index in [4.69, 9.17) is 13.6 Å². The maximum absolute atomic E-state index is 14.9. The van der Waals surface area contributed by atoms with Crippen LogP contribution in [-0.2, 0) is 18.1 Å². The third-order valence-corrected chi connectivity index (χ3v) is 15.4. The summed E-state index contributed by atoms with van der Waals surface area (Å²) in [7, 11) is -3.88. The van der Waals surface area contributed by atoms with Crippen molar-refractivity contribution in [1.29, 1.82) is 0 Å². The first-order valence-electron chi connectivity index (χ1n) is 29.0. The summed E-state index contributed by atoms with van der Waals surface area (Å²) in [5.74, 6) is 0. The number of allylic oxidation sites excluding steroid dienone is 6. The molecule has 0 aromatic carbocycles. The molecule has 0 aliphatic rings. The lowest BCUT2D eigenvalue weighted by Gasteiger charge is -2.38. The van der Waals surface area contributed by atoms with E-state index in [1.807, 2.05) is 0 Å². The van der Waals surface area contributed by atoms with Crippen LogP contribution in [0.2, 0.25) is 0 Å². The molecule has 65 heavy (non-hydrogen) atoms. The van der Waals surface area contributed by atoms with Crippen LogP contribution in [0, 0.1) is 0 Å². The van der Waals surface area contributed by atoms with Crippen molar-refractivity contribution in [1.82, 2.24) is 0 Å². The van der Waals surface area contributed by atoms with Crippen LogP contribution in [0.3, 0.4) is 0 Å². The molecule has 4 nitrogen and oxygen atoms in total. The summed E-state index contributed by atoms with van der Waals surface area (Å²) >= 11 is 0. The first-order valence-corrected chi connectivity index (χ1v) is 30.4. The van der Waals surface area contributed by atoms with Crippen molar-refractivity contribution in [3.63, 3.8) is 0 Å². The Hall–Kier alpha value is -0.670. The van der Waals surface area contributed by atoms with Gasteiger partial charge in [-0.2, -0.15) is 0 Å². The van der Waals surface area contributed by atoms with Crippen LogP contribution >= 0.6 is 7.82 Å². The van der Waals surface area contributed by atoms with Gasteiger partial charge in [0.1, 0.15) is 0 Å². The smallest absolute Gasteiger partial charge is 0.281 e. The van der Waals surface area contributed by atoms with E-state index in [0.29, 0.717) is 0 Å². The fourth-order valence-electron chi connectivity index (χ4n) is 8.97. The van der Waals surface area contributed by atoms with Gasteiger partial charge in [0.15, 0.2) is 0 Å². The first-order chi connectivity index (χ1) is 31.3. The Balaban J connectivity index is 4.91. The zero-order valence-electron chi connectivity index (χ0n) is 45.7. The second-order valence-electron chi connectivity index (χ2n) is 22.0. The monoisotopic (exact) mass is 933 g/mol. The number of unbranched alkanes of at least 4 members (excludes halogenated alkanes) is 33. The van der Waals surface area contributed by atoms with Gasteiger partial charge in [-0.05, 0) is 138 Å². The largest absolute Gasteiger partial charge is 0.476 e. The van der Waals surface area contributed by atoms with Crippen LogP contribution in [0.25, 0.3) is 0 Å². The van der Waals surface area contributed by atoms with Crippen molar-refractivity contribution < 1.29 is 18.1 Å². The Morgan fingerprint density at radius 3 is 0.646 bits per heavy atom. The summed E-state index contributed by atoms with van der Waals surface area (Å²) < 4.78 is 34.5. The fraction of sp³-hybridized carbons (Fsp3) is 0.900. The molecule has 0 saturated carbocycles. The van der Waals surface area contributed by atoms with Crippen LogP contribution in [0.15, 0.2) is 36.5 Å². The summed E-state index contributed by atoms with van der Waals surface area (Å²) in [5.41, 5.74) is -1.81. The molecule has 0 amide bonds.